The number of anilines is 1. The third kappa shape index (κ3) is 3.16. The van der Waals surface area contributed by atoms with Crippen molar-refractivity contribution in [3.63, 3.8) is 0 Å². The molecule has 18 heavy (non-hydrogen) atoms. The highest BCUT2D eigenvalue weighted by Gasteiger charge is 2.22. The summed E-state index contributed by atoms with van der Waals surface area (Å²) in [5.41, 5.74) is 7.60. The standard InChI is InChI=1S/C15H23NO2/c1-11-5-3-4-6-14(11)18-10-12-9-13(16)7-8-15(12)17-2/h7-9,11,14H,3-6,10,16H2,1-2H3. The van der Waals surface area contributed by atoms with Gasteiger partial charge < -0.3 is 15.2 Å². The molecule has 1 saturated carbocycles. The maximum absolute atomic E-state index is 6.04. The molecule has 0 heterocycles. The maximum atomic E-state index is 6.04. The highest BCUT2D eigenvalue weighted by atomic mass is 16.5. The van der Waals surface area contributed by atoms with Gasteiger partial charge in [0, 0.05) is 11.3 Å². The predicted molar refractivity (Wildman–Crippen MR) is 73.6 cm³/mol. The van der Waals surface area contributed by atoms with Gasteiger partial charge >= 0.3 is 0 Å². The Morgan fingerprint density at radius 2 is 2.06 bits per heavy atom. The first-order chi connectivity index (χ1) is 8.70. The van der Waals surface area contributed by atoms with Crippen LogP contribution < -0.4 is 10.5 Å². The Morgan fingerprint density at radius 3 is 2.78 bits per heavy atom. The highest BCUT2D eigenvalue weighted by molar-refractivity contribution is 5.47. The first kappa shape index (κ1) is 13.2. The van der Waals surface area contributed by atoms with E-state index in [9.17, 15) is 0 Å². The summed E-state index contributed by atoms with van der Waals surface area (Å²) in [6, 6.07) is 5.69. The molecule has 2 unspecified atom stereocenters. The average molecular weight is 249 g/mol. The van der Waals surface area contributed by atoms with Crippen LogP contribution in [0.5, 0.6) is 5.75 Å². The van der Waals surface area contributed by atoms with Gasteiger partial charge in [-0.15, -0.1) is 0 Å². The minimum Gasteiger partial charge on any atom is -0.496 e. The Hall–Kier alpha value is -1.22. The van der Waals surface area contributed by atoms with Crippen LogP contribution in [0.25, 0.3) is 0 Å². The second-order valence-electron chi connectivity index (χ2n) is 5.18. The molecule has 1 aromatic carbocycles. The average Bonchev–Trinajstić information content (AvgIpc) is 2.38. The van der Waals surface area contributed by atoms with E-state index in [0.29, 0.717) is 18.6 Å². The van der Waals surface area contributed by atoms with E-state index in [-0.39, 0.29) is 0 Å². The van der Waals surface area contributed by atoms with Crippen LogP contribution in [-0.4, -0.2) is 13.2 Å². The van der Waals surface area contributed by atoms with Crippen LogP contribution in [0.4, 0.5) is 5.69 Å². The van der Waals surface area contributed by atoms with Gasteiger partial charge in [0.1, 0.15) is 5.75 Å². The van der Waals surface area contributed by atoms with Crippen molar-refractivity contribution in [2.24, 2.45) is 5.92 Å². The zero-order valence-corrected chi connectivity index (χ0v) is 11.3. The smallest absolute Gasteiger partial charge is 0.124 e. The van der Waals surface area contributed by atoms with E-state index in [1.54, 1.807) is 7.11 Å². The van der Waals surface area contributed by atoms with Crippen LogP contribution in [0, 0.1) is 5.92 Å². The summed E-state index contributed by atoms with van der Waals surface area (Å²) in [7, 11) is 1.68. The van der Waals surface area contributed by atoms with Gasteiger partial charge in [0.25, 0.3) is 0 Å². The molecule has 2 N–H and O–H groups in total. The first-order valence-corrected chi connectivity index (χ1v) is 6.74. The summed E-state index contributed by atoms with van der Waals surface area (Å²) in [5.74, 6) is 1.51. The number of ether oxygens (including phenoxy) is 2. The third-order valence-electron chi connectivity index (χ3n) is 3.79. The lowest BCUT2D eigenvalue weighted by molar-refractivity contribution is -0.0160. The van der Waals surface area contributed by atoms with Crippen LogP contribution in [0.2, 0.25) is 0 Å². The molecule has 0 aromatic heterocycles. The molecule has 0 bridgehead atoms. The molecule has 0 radical (unpaired) electrons. The summed E-state index contributed by atoms with van der Waals surface area (Å²) >= 11 is 0. The van der Waals surface area contributed by atoms with Gasteiger partial charge in [0.15, 0.2) is 0 Å². The number of hydrogen-bond donors (Lipinski definition) is 1. The second-order valence-corrected chi connectivity index (χ2v) is 5.18. The number of methoxy groups -OCH3 is 1. The van der Waals surface area contributed by atoms with Gasteiger partial charge in [0.2, 0.25) is 0 Å². The van der Waals surface area contributed by atoms with E-state index >= 15 is 0 Å². The molecule has 0 saturated heterocycles. The van der Waals surface area contributed by atoms with Crippen molar-refractivity contribution in [1.82, 2.24) is 0 Å². The molecule has 0 aliphatic heterocycles. The first-order valence-electron chi connectivity index (χ1n) is 6.74. The van der Waals surface area contributed by atoms with E-state index in [1.165, 1.54) is 25.7 Å². The lowest BCUT2D eigenvalue weighted by Crippen LogP contribution is -2.25. The van der Waals surface area contributed by atoms with E-state index in [0.717, 1.165) is 17.0 Å². The van der Waals surface area contributed by atoms with E-state index in [1.807, 2.05) is 18.2 Å². The van der Waals surface area contributed by atoms with Crippen molar-refractivity contribution < 1.29 is 9.47 Å². The Bertz CT molecular complexity index is 392. The maximum Gasteiger partial charge on any atom is 0.124 e. The molecule has 100 valence electrons. The second kappa shape index (κ2) is 6.10. The fourth-order valence-corrected chi connectivity index (χ4v) is 2.64. The van der Waals surface area contributed by atoms with E-state index < -0.39 is 0 Å². The van der Waals surface area contributed by atoms with Gasteiger partial charge in [-0.05, 0) is 37.0 Å². The summed E-state index contributed by atoms with van der Waals surface area (Å²) < 4.78 is 11.4. The van der Waals surface area contributed by atoms with Crippen molar-refractivity contribution in [3.8, 4) is 5.75 Å². The summed E-state index contributed by atoms with van der Waals surface area (Å²) in [4.78, 5) is 0. The fourth-order valence-electron chi connectivity index (χ4n) is 2.64. The SMILES string of the molecule is COc1ccc(N)cc1COC1CCCCC1C. The summed E-state index contributed by atoms with van der Waals surface area (Å²) in [6.07, 6.45) is 5.45. The van der Waals surface area contributed by atoms with Gasteiger partial charge in [-0.25, -0.2) is 0 Å². The van der Waals surface area contributed by atoms with Gasteiger partial charge in [0.05, 0.1) is 19.8 Å². The van der Waals surface area contributed by atoms with Crippen LogP contribution in [0.1, 0.15) is 38.2 Å². The Balaban J connectivity index is 1.98. The number of hydrogen-bond acceptors (Lipinski definition) is 3. The largest absolute Gasteiger partial charge is 0.496 e. The van der Waals surface area contributed by atoms with Gasteiger partial charge in [-0.1, -0.05) is 19.8 Å². The molecule has 0 amide bonds. The molecule has 1 aliphatic rings. The van der Waals surface area contributed by atoms with Crippen molar-refractivity contribution in [3.05, 3.63) is 23.8 Å². The lowest BCUT2D eigenvalue weighted by Gasteiger charge is -2.29. The minimum atomic E-state index is 0.380. The van der Waals surface area contributed by atoms with Crippen molar-refractivity contribution >= 4 is 5.69 Å². The number of nitrogen functional groups attached to an aromatic ring is 1. The minimum absolute atomic E-state index is 0.380. The van der Waals surface area contributed by atoms with Crippen molar-refractivity contribution in [2.75, 3.05) is 12.8 Å². The predicted octanol–water partition coefficient (Wildman–Crippen LogP) is 3.37. The molecule has 3 heteroatoms. The molecule has 1 fully saturated rings. The molecule has 2 rings (SSSR count). The van der Waals surface area contributed by atoms with Crippen LogP contribution in [-0.2, 0) is 11.3 Å². The van der Waals surface area contributed by atoms with Gasteiger partial charge in [-0.2, -0.15) is 0 Å². The molecule has 0 spiro atoms. The Labute approximate surface area is 109 Å². The number of benzene rings is 1. The van der Waals surface area contributed by atoms with Crippen molar-refractivity contribution in [2.45, 2.75) is 45.3 Å². The van der Waals surface area contributed by atoms with Gasteiger partial charge in [-0.3, -0.25) is 0 Å². The number of rotatable bonds is 4. The normalized spacial score (nSPS) is 23.9. The lowest BCUT2D eigenvalue weighted by atomic mass is 9.88. The zero-order chi connectivity index (χ0) is 13.0. The number of nitrogens with two attached hydrogens (primary N) is 1. The van der Waals surface area contributed by atoms with Crippen molar-refractivity contribution in [1.29, 1.82) is 0 Å². The van der Waals surface area contributed by atoms with E-state index in [2.05, 4.69) is 6.92 Å². The van der Waals surface area contributed by atoms with Crippen LogP contribution >= 0.6 is 0 Å². The quantitative estimate of drug-likeness (QED) is 0.832. The molecular weight excluding hydrogens is 226 g/mol. The monoisotopic (exact) mass is 249 g/mol. The zero-order valence-electron chi connectivity index (χ0n) is 11.3. The Kier molecular flexibility index (Phi) is 4.48. The van der Waals surface area contributed by atoms with E-state index in [4.69, 9.17) is 15.2 Å². The molecule has 3 nitrogen and oxygen atoms in total. The molecule has 1 aromatic rings. The summed E-state index contributed by atoms with van der Waals surface area (Å²) in [5, 5.41) is 0. The van der Waals surface area contributed by atoms with Crippen LogP contribution in [0.15, 0.2) is 18.2 Å². The topological polar surface area (TPSA) is 44.5 Å². The summed E-state index contributed by atoms with van der Waals surface area (Å²) in [6.45, 7) is 2.86. The Morgan fingerprint density at radius 1 is 1.28 bits per heavy atom. The fraction of sp³-hybridized carbons (Fsp3) is 0.600. The molecular formula is C15H23NO2. The molecule has 1 aliphatic carbocycles. The highest BCUT2D eigenvalue weighted by Crippen LogP contribution is 2.29. The van der Waals surface area contributed by atoms with Crippen LogP contribution in [0.3, 0.4) is 0 Å². The molecule has 2 atom stereocenters. The third-order valence-corrected chi connectivity index (χ3v) is 3.79.